The number of carbonyl (C=O) groups excluding carboxylic acids is 1. The molecular formula is C21H31BrO5. The largest absolute Gasteiger partial charge is 0.461 e. The van der Waals surface area contributed by atoms with E-state index in [0.717, 1.165) is 32.1 Å². The maximum absolute atomic E-state index is 11.7. The standard InChI is InChI=1S/C21H31BrO5/c1-11(24)27-19-16(22)9-15-18-14(4-6-21(15,19)10-23)20(2)5-3-13(25)7-12(20)8-17(18)26/h8,13-19,23,25-26H,3-7,9-10H2,1-2H3/t13-,14?,15?,16+,17?,18?,19-,20-,21+/m0/s1. The molecule has 9 atom stereocenters. The molecule has 0 aromatic rings. The highest BCUT2D eigenvalue weighted by molar-refractivity contribution is 9.09. The zero-order valence-electron chi connectivity index (χ0n) is 16.1. The molecule has 6 heteroatoms. The summed E-state index contributed by atoms with van der Waals surface area (Å²) in [5, 5.41) is 31.6. The molecule has 3 N–H and O–H groups in total. The van der Waals surface area contributed by atoms with E-state index in [1.165, 1.54) is 12.5 Å². The minimum Gasteiger partial charge on any atom is -0.461 e. The van der Waals surface area contributed by atoms with Crippen molar-refractivity contribution in [3.8, 4) is 0 Å². The number of hydrogen-bond donors (Lipinski definition) is 3. The lowest BCUT2D eigenvalue weighted by atomic mass is 9.47. The molecule has 0 aromatic carbocycles. The minimum atomic E-state index is -0.574. The normalized spacial score (nSPS) is 51.6. The van der Waals surface area contributed by atoms with Gasteiger partial charge in [-0.1, -0.05) is 34.5 Å². The lowest BCUT2D eigenvalue weighted by Crippen LogP contribution is -2.57. The van der Waals surface area contributed by atoms with Crippen LogP contribution in [0.25, 0.3) is 0 Å². The van der Waals surface area contributed by atoms with Crippen LogP contribution in [0, 0.1) is 28.6 Å². The van der Waals surface area contributed by atoms with Gasteiger partial charge in [0.15, 0.2) is 0 Å². The first kappa shape index (κ1) is 19.9. The summed E-state index contributed by atoms with van der Waals surface area (Å²) in [6, 6.07) is 0. The Morgan fingerprint density at radius 1 is 1.30 bits per heavy atom. The van der Waals surface area contributed by atoms with Gasteiger partial charge in [-0.25, -0.2) is 0 Å². The second kappa shape index (κ2) is 6.82. The highest BCUT2D eigenvalue weighted by Crippen LogP contribution is 2.66. The maximum Gasteiger partial charge on any atom is 0.302 e. The third-order valence-electron chi connectivity index (χ3n) is 8.32. The lowest BCUT2D eigenvalue weighted by Gasteiger charge is -2.59. The van der Waals surface area contributed by atoms with Crippen LogP contribution >= 0.6 is 15.9 Å². The number of ether oxygens (including phenoxy) is 1. The summed E-state index contributed by atoms with van der Waals surface area (Å²) in [6.45, 7) is 3.69. The number of aliphatic hydroxyl groups excluding tert-OH is 3. The Hall–Kier alpha value is -0.430. The topological polar surface area (TPSA) is 87.0 Å². The summed E-state index contributed by atoms with van der Waals surface area (Å²) < 4.78 is 5.67. The summed E-state index contributed by atoms with van der Waals surface area (Å²) in [7, 11) is 0. The zero-order valence-corrected chi connectivity index (χ0v) is 17.7. The fourth-order valence-electron chi connectivity index (χ4n) is 7.03. The quantitative estimate of drug-likeness (QED) is 0.347. The van der Waals surface area contributed by atoms with Gasteiger partial charge >= 0.3 is 5.97 Å². The van der Waals surface area contributed by atoms with Gasteiger partial charge in [-0.05, 0) is 61.7 Å². The van der Waals surface area contributed by atoms with E-state index in [1.807, 2.05) is 6.08 Å². The minimum absolute atomic E-state index is 0.00383. The van der Waals surface area contributed by atoms with Crippen LogP contribution in [0.15, 0.2) is 11.6 Å². The van der Waals surface area contributed by atoms with Crippen LogP contribution in [0.1, 0.15) is 52.4 Å². The van der Waals surface area contributed by atoms with Gasteiger partial charge in [0.05, 0.1) is 23.6 Å². The Bertz CT molecular complexity index is 650. The number of hydrogen-bond acceptors (Lipinski definition) is 5. The predicted octanol–water partition coefficient (Wildman–Crippen LogP) is 2.56. The van der Waals surface area contributed by atoms with Crippen molar-refractivity contribution < 1.29 is 24.9 Å². The molecule has 4 rings (SSSR count). The maximum atomic E-state index is 11.7. The monoisotopic (exact) mass is 442 g/mol. The van der Waals surface area contributed by atoms with Crippen molar-refractivity contribution in [1.82, 2.24) is 0 Å². The fraction of sp³-hybridized carbons (Fsp3) is 0.857. The first-order chi connectivity index (χ1) is 12.7. The Morgan fingerprint density at radius 2 is 2.04 bits per heavy atom. The molecule has 0 aromatic heterocycles. The molecule has 5 nitrogen and oxygen atoms in total. The van der Waals surface area contributed by atoms with Crippen LogP contribution in [0.3, 0.4) is 0 Å². The van der Waals surface area contributed by atoms with Crippen molar-refractivity contribution in [2.45, 2.75) is 75.5 Å². The van der Waals surface area contributed by atoms with Crippen molar-refractivity contribution in [1.29, 1.82) is 0 Å². The van der Waals surface area contributed by atoms with Crippen LogP contribution in [0.2, 0.25) is 0 Å². The third-order valence-corrected chi connectivity index (χ3v) is 9.17. The lowest BCUT2D eigenvalue weighted by molar-refractivity contribution is -0.166. The number of halogens is 1. The van der Waals surface area contributed by atoms with Crippen LogP contribution in [-0.4, -0.2) is 51.0 Å². The molecule has 0 bridgehead atoms. The molecule has 0 aliphatic heterocycles. The first-order valence-corrected chi connectivity index (χ1v) is 11.1. The highest BCUT2D eigenvalue weighted by atomic mass is 79.9. The first-order valence-electron chi connectivity index (χ1n) is 10.2. The predicted molar refractivity (Wildman–Crippen MR) is 104 cm³/mol. The van der Waals surface area contributed by atoms with Crippen LogP contribution in [0.4, 0.5) is 0 Å². The second-order valence-corrected chi connectivity index (χ2v) is 10.7. The molecule has 0 heterocycles. The van der Waals surface area contributed by atoms with Crippen molar-refractivity contribution in [2.24, 2.45) is 28.6 Å². The number of esters is 1. The van der Waals surface area contributed by atoms with E-state index in [1.54, 1.807) is 0 Å². The molecule has 27 heavy (non-hydrogen) atoms. The van der Waals surface area contributed by atoms with Crippen LogP contribution in [-0.2, 0) is 9.53 Å². The Balaban J connectivity index is 1.72. The molecule has 4 unspecified atom stereocenters. The van der Waals surface area contributed by atoms with Gasteiger partial charge in [0.25, 0.3) is 0 Å². The van der Waals surface area contributed by atoms with E-state index < -0.39 is 11.5 Å². The summed E-state index contributed by atoms with van der Waals surface area (Å²) in [6.07, 6.45) is 5.65. The number of rotatable bonds is 2. The fourth-order valence-corrected chi connectivity index (χ4v) is 8.07. The summed E-state index contributed by atoms with van der Waals surface area (Å²) in [5.41, 5.74) is 0.723. The van der Waals surface area contributed by atoms with Gasteiger partial charge < -0.3 is 20.1 Å². The molecular weight excluding hydrogens is 412 g/mol. The molecule has 3 saturated carbocycles. The number of aliphatic hydroxyl groups is 3. The van der Waals surface area contributed by atoms with Crippen molar-refractivity contribution >= 4 is 21.9 Å². The molecule has 0 amide bonds. The molecule has 0 saturated heterocycles. The average Bonchev–Trinajstić information content (AvgIpc) is 2.88. The van der Waals surface area contributed by atoms with E-state index in [-0.39, 0.29) is 46.9 Å². The molecule has 0 radical (unpaired) electrons. The Morgan fingerprint density at radius 3 is 2.70 bits per heavy atom. The van der Waals surface area contributed by atoms with Gasteiger partial charge in [-0.3, -0.25) is 4.79 Å². The van der Waals surface area contributed by atoms with E-state index in [4.69, 9.17) is 4.74 Å². The van der Waals surface area contributed by atoms with Crippen molar-refractivity contribution in [2.75, 3.05) is 6.61 Å². The average molecular weight is 443 g/mol. The molecule has 0 spiro atoms. The second-order valence-electron chi connectivity index (χ2n) is 9.50. The van der Waals surface area contributed by atoms with E-state index in [0.29, 0.717) is 12.3 Å². The molecule has 152 valence electrons. The van der Waals surface area contributed by atoms with Crippen molar-refractivity contribution in [3.63, 3.8) is 0 Å². The molecule has 3 fully saturated rings. The summed E-state index contributed by atoms with van der Waals surface area (Å²) in [4.78, 5) is 11.7. The van der Waals surface area contributed by atoms with Crippen LogP contribution in [0.5, 0.6) is 0 Å². The smallest absolute Gasteiger partial charge is 0.302 e. The highest BCUT2D eigenvalue weighted by Gasteiger charge is 2.65. The number of carbonyl (C=O) groups is 1. The zero-order chi connectivity index (χ0) is 19.6. The van der Waals surface area contributed by atoms with E-state index in [2.05, 4.69) is 22.9 Å². The number of alkyl halides is 1. The van der Waals surface area contributed by atoms with Crippen LogP contribution < -0.4 is 0 Å². The van der Waals surface area contributed by atoms with Crippen molar-refractivity contribution in [3.05, 3.63) is 11.6 Å². The molecule has 4 aliphatic carbocycles. The van der Waals surface area contributed by atoms with Gasteiger partial charge in [0.1, 0.15) is 6.10 Å². The Kier molecular flexibility index (Phi) is 5.02. The van der Waals surface area contributed by atoms with Gasteiger partial charge in [0, 0.05) is 12.3 Å². The SMILES string of the molecule is CC(=O)O[C@H]1[C@H](Br)CC2C3C(O)C=C4C[C@@H](O)CC[C@]4(C)C3CC[C@@]21CO. The van der Waals surface area contributed by atoms with Gasteiger partial charge in [-0.15, -0.1) is 0 Å². The Labute approximate surface area is 169 Å². The summed E-state index contributed by atoms with van der Waals surface area (Å²) in [5.74, 6) is 0.169. The third kappa shape index (κ3) is 2.85. The number of fused-ring (bicyclic) bond motifs is 5. The van der Waals surface area contributed by atoms with E-state index in [9.17, 15) is 20.1 Å². The summed E-state index contributed by atoms with van der Waals surface area (Å²) >= 11 is 3.71. The van der Waals surface area contributed by atoms with E-state index >= 15 is 0 Å². The van der Waals surface area contributed by atoms with Gasteiger partial charge in [0.2, 0.25) is 0 Å². The molecule has 4 aliphatic rings. The van der Waals surface area contributed by atoms with Gasteiger partial charge in [-0.2, -0.15) is 0 Å².